The highest BCUT2D eigenvalue weighted by atomic mass is 35.5. The number of likely N-dealkylation sites (tertiary alicyclic amines) is 1. The lowest BCUT2D eigenvalue weighted by Gasteiger charge is -2.37. The van der Waals surface area contributed by atoms with Crippen molar-refractivity contribution in [2.24, 2.45) is 0 Å². The van der Waals surface area contributed by atoms with E-state index in [-0.39, 0.29) is 11.4 Å². The molecule has 0 radical (unpaired) electrons. The fourth-order valence-corrected chi connectivity index (χ4v) is 3.12. The highest BCUT2D eigenvalue weighted by Gasteiger charge is 2.42. The van der Waals surface area contributed by atoms with Gasteiger partial charge in [-0.1, -0.05) is 11.6 Å². The number of rotatable bonds is 6. The van der Waals surface area contributed by atoms with Crippen LogP contribution in [0.25, 0.3) is 0 Å². The predicted octanol–water partition coefficient (Wildman–Crippen LogP) is 1.85. The van der Waals surface area contributed by atoms with Gasteiger partial charge in [-0.25, -0.2) is 0 Å². The lowest BCUT2D eigenvalue weighted by Crippen LogP contribution is -2.50. The van der Waals surface area contributed by atoms with Crippen molar-refractivity contribution in [3.05, 3.63) is 29.0 Å². The summed E-state index contributed by atoms with van der Waals surface area (Å²) in [5.41, 5.74) is 0.717. The third-order valence-corrected chi connectivity index (χ3v) is 4.29. The zero-order valence-electron chi connectivity index (χ0n) is 12.6. The summed E-state index contributed by atoms with van der Waals surface area (Å²) in [5, 5.41) is 3.35. The van der Waals surface area contributed by atoms with E-state index in [1.165, 1.54) is 0 Å². The summed E-state index contributed by atoms with van der Waals surface area (Å²) in [6.45, 7) is 2.20. The average Bonchev–Trinajstić information content (AvgIpc) is 2.84. The number of pyridine rings is 1. The molecule has 2 rings (SSSR count). The van der Waals surface area contributed by atoms with Gasteiger partial charge in [-0.3, -0.25) is 14.7 Å². The van der Waals surface area contributed by atoms with Crippen LogP contribution in [0.5, 0.6) is 0 Å². The maximum atomic E-state index is 11.9. The molecule has 0 spiro atoms. The second kappa shape index (κ2) is 7.20. The van der Waals surface area contributed by atoms with E-state index in [9.17, 15) is 4.79 Å². The van der Waals surface area contributed by atoms with Gasteiger partial charge in [0.15, 0.2) is 0 Å². The monoisotopic (exact) mass is 311 g/mol. The number of ether oxygens (including phenoxy) is 1. The molecule has 1 atom stereocenters. The van der Waals surface area contributed by atoms with Gasteiger partial charge in [0.2, 0.25) is 5.91 Å². The summed E-state index contributed by atoms with van der Waals surface area (Å²) >= 11 is 5.87. The van der Waals surface area contributed by atoms with Crippen LogP contribution in [0.4, 0.5) is 0 Å². The van der Waals surface area contributed by atoms with Gasteiger partial charge in [-0.2, -0.15) is 0 Å². The molecule has 0 aliphatic carbocycles. The standard InChI is InChI=1S/C15H22ClN3O2/c1-17-14(20)8-15(11-21-2)6-3-7-19(15)10-13-5-4-12(16)9-18-13/h4-5,9H,3,6-8,10-11H2,1-2H3,(H,17,20)/t15-/m1/s1. The van der Waals surface area contributed by atoms with E-state index < -0.39 is 0 Å². The van der Waals surface area contributed by atoms with E-state index >= 15 is 0 Å². The zero-order valence-corrected chi connectivity index (χ0v) is 13.3. The summed E-state index contributed by atoms with van der Waals surface area (Å²) in [6, 6.07) is 3.77. The van der Waals surface area contributed by atoms with Crippen LogP contribution in [0.1, 0.15) is 25.0 Å². The molecule has 0 bridgehead atoms. The van der Waals surface area contributed by atoms with Crippen molar-refractivity contribution in [1.29, 1.82) is 0 Å². The largest absolute Gasteiger partial charge is 0.383 e. The fourth-order valence-electron chi connectivity index (χ4n) is 3.01. The molecule has 21 heavy (non-hydrogen) atoms. The molecule has 1 fully saturated rings. The molecule has 116 valence electrons. The Balaban J connectivity index is 2.14. The van der Waals surface area contributed by atoms with Gasteiger partial charge >= 0.3 is 0 Å². The molecule has 1 aliphatic heterocycles. The molecule has 0 aromatic carbocycles. The number of hydrogen-bond donors (Lipinski definition) is 1. The van der Waals surface area contributed by atoms with Crippen LogP contribution in [0.15, 0.2) is 18.3 Å². The van der Waals surface area contributed by atoms with Crippen LogP contribution in [-0.4, -0.2) is 48.6 Å². The topological polar surface area (TPSA) is 54.5 Å². The number of methoxy groups -OCH3 is 1. The molecule has 1 aromatic rings. The molecule has 0 unspecified atom stereocenters. The van der Waals surface area contributed by atoms with Crippen molar-refractivity contribution in [2.45, 2.75) is 31.3 Å². The molecule has 5 nitrogen and oxygen atoms in total. The SMILES string of the molecule is CNC(=O)C[C@@]1(COC)CCCN1Cc1ccc(Cl)cn1. The van der Waals surface area contributed by atoms with Crippen molar-refractivity contribution < 1.29 is 9.53 Å². The first-order valence-corrected chi connectivity index (χ1v) is 7.52. The quantitative estimate of drug-likeness (QED) is 0.871. The van der Waals surface area contributed by atoms with Gasteiger partial charge in [0.25, 0.3) is 0 Å². The second-order valence-electron chi connectivity index (χ2n) is 5.50. The van der Waals surface area contributed by atoms with Crippen molar-refractivity contribution in [2.75, 3.05) is 27.3 Å². The number of hydrogen-bond acceptors (Lipinski definition) is 4. The van der Waals surface area contributed by atoms with Gasteiger partial charge in [-0.05, 0) is 31.5 Å². The normalized spacial score (nSPS) is 22.4. The predicted molar refractivity (Wildman–Crippen MR) is 82.2 cm³/mol. The Kier molecular flexibility index (Phi) is 5.56. The first-order valence-electron chi connectivity index (χ1n) is 7.15. The average molecular weight is 312 g/mol. The van der Waals surface area contributed by atoms with E-state index in [2.05, 4.69) is 15.2 Å². The van der Waals surface area contributed by atoms with Crippen LogP contribution in [0.3, 0.4) is 0 Å². The number of carbonyl (C=O) groups excluding carboxylic acids is 1. The first-order chi connectivity index (χ1) is 10.1. The zero-order chi connectivity index (χ0) is 15.3. The molecule has 1 aromatic heterocycles. The molecular weight excluding hydrogens is 290 g/mol. The van der Waals surface area contributed by atoms with Gasteiger partial charge in [0.1, 0.15) is 0 Å². The number of halogens is 1. The molecule has 2 heterocycles. The fraction of sp³-hybridized carbons (Fsp3) is 0.600. The summed E-state index contributed by atoms with van der Waals surface area (Å²) in [6.07, 6.45) is 4.13. The highest BCUT2D eigenvalue weighted by Crippen LogP contribution is 2.34. The number of amides is 1. The first kappa shape index (κ1) is 16.2. The number of carbonyl (C=O) groups is 1. The van der Waals surface area contributed by atoms with Crippen molar-refractivity contribution >= 4 is 17.5 Å². The van der Waals surface area contributed by atoms with Gasteiger partial charge in [0.05, 0.1) is 22.9 Å². The molecule has 1 aliphatic rings. The molecule has 0 saturated carbocycles. The van der Waals surface area contributed by atoms with E-state index in [0.29, 0.717) is 24.6 Å². The van der Waals surface area contributed by atoms with Gasteiger partial charge in [0, 0.05) is 33.3 Å². The Labute approximate surface area is 130 Å². The smallest absolute Gasteiger partial charge is 0.221 e. The van der Waals surface area contributed by atoms with Gasteiger partial charge < -0.3 is 10.1 Å². The minimum absolute atomic E-state index is 0.0445. The molecule has 1 N–H and O–H groups in total. The van der Waals surface area contributed by atoms with Crippen LogP contribution < -0.4 is 5.32 Å². The lowest BCUT2D eigenvalue weighted by molar-refractivity contribution is -0.124. The Hall–Kier alpha value is -1.17. The summed E-state index contributed by atoms with van der Waals surface area (Å²) in [5.74, 6) is 0.0445. The van der Waals surface area contributed by atoms with Crippen LogP contribution >= 0.6 is 11.6 Å². The van der Waals surface area contributed by atoms with Crippen molar-refractivity contribution in [3.63, 3.8) is 0 Å². The molecule has 6 heteroatoms. The van der Waals surface area contributed by atoms with E-state index in [1.807, 2.05) is 12.1 Å². The maximum Gasteiger partial charge on any atom is 0.221 e. The minimum atomic E-state index is -0.240. The molecule has 1 saturated heterocycles. The van der Waals surface area contributed by atoms with Crippen LogP contribution in [0, 0.1) is 0 Å². The second-order valence-corrected chi connectivity index (χ2v) is 5.94. The van der Waals surface area contributed by atoms with Gasteiger partial charge in [-0.15, -0.1) is 0 Å². The summed E-state index contributed by atoms with van der Waals surface area (Å²) in [4.78, 5) is 18.5. The van der Waals surface area contributed by atoms with E-state index in [0.717, 1.165) is 25.1 Å². The number of nitrogens with zero attached hydrogens (tertiary/aromatic N) is 2. The minimum Gasteiger partial charge on any atom is -0.383 e. The summed E-state index contributed by atoms with van der Waals surface area (Å²) < 4.78 is 5.40. The van der Waals surface area contributed by atoms with Crippen molar-refractivity contribution in [1.82, 2.24) is 15.2 Å². The van der Waals surface area contributed by atoms with Crippen molar-refractivity contribution in [3.8, 4) is 0 Å². The van der Waals surface area contributed by atoms with Crippen LogP contribution in [0.2, 0.25) is 5.02 Å². The number of nitrogens with one attached hydrogen (secondary N) is 1. The third-order valence-electron chi connectivity index (χ3n) is 4.06. The maximum absolute atomic E-state index is 11.9. The Morgan fingerprint density at radius 3 is 3.00 bits per heavy atom. The number of aromatic nitrogens is 1. The molecular formula is C15H22ClN3O2. The highest BCUT2D eigenvalue weighted by molar-refractivity contribution is 6.30. The Morgan fingerprint density at radius 2 is 2.38 bits per heavy atom. The Morgan fingerprint density at radius 1 is 1.57 bits per heavy atom. The van der Waals surface area contributed by atoms with E-state index in [4.69, 9.17) is 16.3 Å². The molecule has 1 amide bonds. The lowest BCUT2D eigenvalue weighted by atomic mass is 9.92. The third kappa shape index (κ3) is 3.93. The Bertz CT molecular complexity index is 480. The van der Waals surface area contributed by atoms with E-state index in [1.54, 1.807) is 20.4 Å². The van der Waals surface area contributed by atoms with Crippen LogP contribution in [-0.2, 0) is 16.1 Å². The summed E-state index contributed by atoms with van der Waals surface area (Å²) in [7, 11) is 3.35.